The molecule has 7 nitrogen and oxygen atoms in total. The molecule has 1 amide bonds. The van der Waals surface area contributed by atoms with E-state index in [-0.39, 0.29) is 11.7 Å². The van der Waals surface area contributed by atoms with Gasteiger partial charge < -0.3 is 16.8 Å². The Hall–Kier alpha value is -3.84. The molecule has 0 radical (unpaired) electrons. The molecule has 0 aromatic heterocycles. The van der Waals surface area contributed by atoms with Crippen molar-refractivity contribution in [3.8, 4) is 0 Å². The number of nitrogens with two attached hydrogens (primary N) is 2. The van der Waals surface area contributed by atoms with Gasteiger partial charge in [0.25, 0.3) is 5.91 Å². The lowest BCUT2D eigenvalue weighted by molar-refractivity contribution is -0.121. The SMILES string of the molecule is CN.Cc1ccc(CNC(=O)C(N=Nc2ccccc2)C(N)=NCc2ccccc2)cc1. The zero-order chi connectivity index (χ0) is 23.2. The van der Waals surface area contributed by atoms with Gasteiger partial charge in [-0.3, -0.25) is 9.79 Å². The molecule has 3 aromatic rings. The highest BCUT2D eigenvalue weighted by Crippen LogP contribution is 2.12. The van der Waals surface area contributed by atoms with Gasteiger partial charge in [-0.15, -0.1) is 0 Å². The van der Waals surface area contributed by atoms with Crippen molar-refractivity contribution in [3.63, 3.8) is 0 Å². The highest BCUT2D eigenvalue weighted by molar-refractivity contribution is 6.06. The molecule has 0 bridgehead atoms. The molecule has 0 aliphatic carbocycles. The number of amidine groups is 1. The number of aryl methyl sites for hydroxylation is 1. The van der Waals surface area contributed by atoms with Crippen LogP contribution in [-0.2, 0) is 17.9 Å². The van der Waals surface area contributed by atoms with Gasteiger partial charge in [0, 0.05) is 6.54 Å². The van der Waals surface area contributed by atoms with Crippen molar-refractivity contribution in [2.45, 2.75) is 26.1 Å². The second-order valence-corrected chi connectivity index (χ2v) is 6.88. The highest BCUT2D eigenvalue weighted by atomic mass is 16.2. The Kier molecular flexibility index (Phi) is 10.3. The second-order valence-electron chi connectivity index (χ2n) is 6.88. The first-order chi connectivity index (χ1) is 15.6. The van der Waals surface area contributed by atoms with Crippen molar-refractivity contribution in [1.29, 1.82) is 0 Å². The predicted molar refractivity (Wildman–Crippen MR) is 130 cm³/mol. The van der Waals surface area contributed by atoms with Crippen LogP contribution in [0.15, 0.2) is 100 Å². The first-order valence-corrected chi connectivity index (χ1v) is 10.3. The molecule has 0 saturated carbocycles. The fourth-order valence-electron chi connectivity index (χ4n) is 2.71. The minimum atomic E-state index is -1.00. The number of hydrogen-bond acceptors (Lipinski definition) is 5. The summed E-state index contributed by atoms with van der Waals surface area (Å²) >= 11 is 0. The summed E-state index contributed by atoms with van der Waals surface area (Å²) < 4.78 is 0. The molecule has 0 heterocycles. The van der Waals surface area contributed by atoms with E-state index in [0.717, 1.165) is 16.7 Å². The van der Waals surface area contributed by atoms with E-state index in [1.54, 1.807) is 0 Å². The Morgan fingerprint density at radius 2 is 1.47 bits per heavy atom. The number of aliphatic imine (C=N–C) groups is 1. The van der Waals surface area contributed by atoms with Gasteiger partial charge in [-0.1, -0.05) is 78.4 Å². The van der Waals surface area contributed by atoms with Crippen molar-refractivity contribution < 1.29 is 4.79 Å². The summed E-state index contributed by atoms with van der Waals surface area (Å²) in [7, 11) is 1.50. The largest absolute Gasteiger partial charge is 0.385 e. The minimum absolute atomic E-state index is 0.125. The maximum Gasteiger partial charge on any atom is 0.254 e. The molecule has 3 aromatic carbocycles. The molecule has 0 aliphatic rings. The molecular formula is C25H30N6O. The average Bonchev–Trinajstić information content (AvgIpc) is 2.85. The van der Waals surface area contributed by atoms with Crippen LogP contribution in [0.4, 0.5) is 5.69 Å². The van der Waals surface area contributed by atoms with Crippen LogP contribution >= 0.6 is 0 Å². The third-order valence-corrected chi connectivity index (χ3v) is 4.45. The van der Waals surface area contributed by atoms with Gasteiger partial charge in [-0.05, 0) is 37.2 Å². The molecule has 1 unspecified atom stereocenters. The van der Waals surface area contributed by atoms with Crippen LogP contribution in [0.5, 0.6) is 0 Å². The van der Waals surface area contributed by atoms with E-state index in [4.69, 9.17) is 5.73 Å². The number of amides is 1. The Balaban J connectivity index is 0.00000176. The quantitative estimate of drug-likeness (QED) is 0.286. The third-order valence-electron chi connectivity index (χ3n) is 4.45. The normalized spacial score (nSPS) is 12.0. The number of nitrogens with one attached hydrogen (secondary N) is 1. The zero-order valence-corrected chi connectivity index (χ0v) is 18.5. The molecule has 0 saturated heterocycles. The molecule has 0 aliphatic heterocycles. The lowest BCUT2D eigenvalue weighted by atomic mass is 10.1. The van der Waals surface area contributed by atoms with Gasteiger partial charge in [-0.2, -0.15) is 10.2 Å². The van der Waals surface area contributed by atoms with Gasteiger partial charge in [0.15, 0.2) is 0 Å². The van der Waals surface area contributed by atoms with E-state index in [9.17, 15) is 4.79 Å². The molecule has 1 atom stereocenters. The lowest BCUT2D eigenvalue weighted by Crippen LogP contribution is -2.42. The molecule has 5 N–H and O–H groups in total. The summed E-state index contributed by atoms with van der Waals surface area (Å²) in [5.41, 5.74) is 14.5. The molecule has 3 rings (SSSR count). The standard InChI is InChI=1S/C24H25N5O.CH5N/c1-18-12-14-20(15-13-18)17-27-24(30)22(29-28-21-10-6-3-7-11-21)23(25)26-16-19-8-4-2-5-9-19;1-2/h2-15,22H,16-17H2,1H3,(H2,25,26)(H,27,30);2H2,1H3. The second kappa shape index (κ2) is 13.5. The summed E-state index contributed by atoms with van der Waals surface area (Å²) in [6.07, 6.45) is 0. The maximum absolute atomic E-state index is 12.8. The fourth-order valence-corrected chi connectivity index (χ4v) is 2.71. The van der Waals surface area contributed by atoms with Crippen LogP contribution in [0.2, 0.25) is 0 Å². The van der Waals surface area contributed by atoms with Crippen LogP contribution in [0.1, 0.15) is 16.7 Å². The number of benzene rings is 3. The Morgan fingerprint density at radius 1 is 0.875 bits per heavy atom. The van der Waals surface area contributed by atoms with Crippen LogP contribution in [-0.4, -0.2) is 24.8 Å². The van der Waals surface area contributed by atoms with E-state index in [0.29, 0.717) is 18.8 Å². The first kappa shape index (κ1) is 24.4. The number of rotatable bonds is 8. The lowest BCUT2D eigenvalue weighted by Gasteiger charge is -2.12. The molecule has 7 heteroatoms. The summed E-state index contributed by atoms with van der Waals surface area (Å²) in [5, 5.41) is 11.2. The van der Waals surface area contributed by atoms with Crippen molar-refractivity contribution in [3.05, 3.63) is 102 Å². The van der Waals surface area contributed by atoms with Crippen molar-refractivity contribution in [2.75, 3.05) is 7.05 Å². The van der Waals surface area contributed by atoms with Crippen molar-refractivity contribution in [2.24, 2.45) is 26.7 Å². The van der Waals surface area contributed by atoms with Crippen LogP contribution in [0.25, 0.3) is 0 Å². The highest BCUT2D eigenvalue weighted by Gasteiger charge is 2.22. The van der Waals surface area contributed by atoms with Gasteiger partial charge in [0.2, 0.25) is 6.04 Å². The number of carbonyl (C=O) groups is 1. The third kappa shape index (κ3) is 8.12. The summed E-state index contributed by atoms with van der Waals surface area (Å²) in [5.74, 6) is -0.218. The topological polar surface area (TPSA) is 118 Å². The van der Waals surface area contributed by atoms with E-state index in [2.05, 4.69) is 26.3 Å². The monoisotopic (exact) mass is 430 g/mol. The molecular weight excluding hydrogens is 400 g/mol. The number of nitrogens with zero attached hydrogens (tertiary/aromatic N) is 3. The van der Waals surface area contributed by atoms with Gasteiger partial charge >= 0.3 is 0 Å². The fraction of sp³-hybridized carbons (Fsp3) is 0.200. The zero-order valence-electron chi connectivity index (χ0n) is 18.5. The van der Waals surface area contributed by atoms with Gasteiger partial charge in [-0.25, -0.2) is 0 Å². The first-order valence-electron chi connectivity index (χ1n) is 10.3. The smallest absolute Gasteiger partial charge is 0.254 e. The van der Waals surface area contributed by atoms with E-state index in [1.807, 2.05) is 91.9 Å². The van der Waals surface area contributed by atoms with E-state index in [1.165, 1.54) is 7.05 Å². The van der Waals surface area contributed by atoms with Crippen LogP contribution < -0.4 is 16.8 Å². The molecule has 166 valence electrons. The predicted octanol–water partition coefficient (Wildman–Crippen LogP) is 3.90. The number of hydrogen-bond donors (Lipinski definition) is 3. The summed E-state index contributed by atoms with van der Waals surface area (Å²) in [4.78, 5) is 17.2. The van der Waals surface area contributed by atoms with Crippen molar-refractivity contribution >= 4 is 17.4 Å². The maximum atomic E-state index is 12.8. The van der Waals surface area contributed by atoms with Crippen LogP contribution in [0, 0.1) is 6.92 Å². The summed E-state index contributed by atoms with van der Waals surface area (Å²) in [6.45, 7) is 2.77. The van der Waals surface area contributed by atoms with Gasteiger partial charge in [0.1, 0.15) is 5.84 Å². The molecule has 0 spiro atoms. The molecule has 32 heavy (non-hydrogen) atoms. The van der Waals surface area contributed by atoms with Crippen LogP contribution in [0.3, 0.4) is 0 Å². The molecule has 0 fully saturated rings. The summed E-state index contributed by atoms with van der Waals surface area (Å²) in [6, 6.07) is 25.9. The number of carbonyl (C=O) groups excluding carboxylic acids is 1. The Morgan fingerprint density at radius 3 is 2.09 bits per heavy atom. The van der Waals surface area contributed by atoms with Gasteiger partial charge in [0.05, 0.1) is 12.2 Å². The Bertz CT molecular complexity index is 1000. The van der Waals surface area contributed by atoms with E-state index >= 15 is 0 Å². The average molecular weight is 431 g/mol. The van der Waals surface area contributed by atoms with Crippen molar-refractivity contribution in [1.82, 2.24) is 5.32 Å². The van der Waals surface area contributed by atoms with E-state index < -0.39 is 6.04 Å². The number of azo groups is 1. The minimum Gasteiger partial charge on any atom is -0.385 e. The Labute approximate surface area is 189 Å².